The smallest absolute Gasteiger partial charge is 0.197 e. The number of fused-ring (bicyclic) bond motifs is 1. The van der Waals surface area contributed by atoms with Gasteiger partial charge in [0.1, 0.15) is 28.3 Å². The van der Waals surface area contributed by atoms with Gasteiger partial charge in [-0.1, -0.05) is 6.08 Å². The van der Waals surface area contributed by atoms with E-state index in [1.54, 1.807) is 12.1 Å². The van der Waals surface area contributed by atoms with Gasteiger partial charge in [0.15, 0.2) is 11.0 Å². The predicted octanol–water partition coefficient (Wildman–Crippen LogP) is 3.99. The van der Waals surface area contributed by atoms with E-state index in [2.05, 4.69) is 10.1 Å². The normalized spacial score (nSPS) is 14.8. The van der Waals surface area contributed by atoms with Gasteiger partial charge in [-0.25, -0.2) is 0 Å². The molecule has 1 aromatic heterocycles. The van der Waals surface area contributed by atoms with Crippen LogP contribution in [0.4, 0.5) is 5.69 Å². The highest BCUT2D eigenvalue weighted by molar-refractivity contribution is 5.99. The van der Waals surface area contributed by atoms with Gasteiger partial charge in [0.05, 0.1) is 5.56 Å². The molecule has 3 aromatic rings. The van der Waals surface area contributed by atoms with Gasteiger partial charge >= 0.3 is 0 Å². The molecule has 0 amide bonds. The monoisotopic (exact) mass is 378 g/mol. The summed E-state index contributed by atoms with van der Waals surface area (Å²) >= 11 is 0. The molecule has 0 fully saturated rings. The van der Waals surface area contributed by atoms with Crippen LogP contribution in [0, 0.1) is 4.91 Å². The molecular weight excluding hydrogens is 360 g/mol. The number of hydrogen-bond donors (Lipinski definition) is 2. The molecule has 0 radical (unpaired) electrons. The number of benzene rings is 2. The van der Waals surface area contributed by atoms with Gasteiger partial charge in [-0.15, -0.1) is 4.91 Å². The second-order valence-electron chi connectivity index (χ2n) is 6.85. The Balaban J connectivity index is 2.03. The van der Waals surface area contributed by atoms with Gasteiger partial charge in [0.2, 0.25) is 0 Å². The molecule has 0 unspecified atom stereocenters. The van der Waals surface area contributed by atoms with Crippen molar-refractivity contribution in [3.63, 3.8) is 0 Å². The predicted molar refractivity (Wildman–Crippen MR) is 107 cm³/mol. The Kier molecular flexibility index (Phi) is 4.44. The maximum Gasteiger partial charge on any atom is 0.197 e. The van der Waals surface area contributed by atoms with Crippen LogP contribution in [0.15, 0.2) is 56.9 Å². The maximum atomic E-state index is 12.7. The molecule has 0 aliphatic carbocycles. The molecule has 2 N–H and O–H groups in total. The molecular formula is C21H18N2O5. The summed E-state index contributed by atoms with van der Waals surface area (Å²) in [6.45, 7) is 1.48. The van der Waals surface area contributed by atoms with Crippen molar-refractivity contribution >= 4 is 22.2 Å². The minimum Gasteiger partial charge on any atom is -0.508 e. The molecule has 2 heterocycles. The van der Waals surface area contributed by atoms with Crippen molar-refractivity contribution in [2.75, 3.05) is 20.1 Å². The zero-order valence-corrected chi connectivity index (χ0v) is 15.2. The van der Waals surface area contributed by atoms with E-state index in [9.17, 15) is 19.9 Å². The van der Waals surface area contributed by atoms with Crippen LogP contribution in [0.1, 0.15) is 12.0 Å². The lowest BCUT2D eigenvalue weighted by Gasteiger charge is -2.23. The van der Waals surface area contributed by atoms with Crippen LogP contribution in [0.2, 0.25) is 0 Å². The van der Waals surface area contributed by atoms with E-state index in [0.717, 1.165) is 12.1 Å². The van der Waals surface area contributed by atoms with Crippen LogP contribution >= 0.6 is 0 Å². The minimum absolute atomic E-state index is 0.0183. The quantitative estimate of drug-likeness (QED) is 0.668. The molecule has 2 aromatic carbocycles. The third kappa shape index (κ3) is 3.05. The minimum atomic E-state index is -0.422. The standard InChI is InChI=1S/C21H18N2O5/c1-23-8-6-13(7-9-23)19-15(22-27)10-16(25)20-17(26)11-18(28-21(19)20)12-2-4-14(24)5-3-12/h2-6,10-11,24-25H,7-9H2,1H3. The number of likely N-dealkylation sites (N-methyl/N-ethyl adjacent to an activating group) is 1. The number of aromatic hydroxyl groups is 2. The van der Waals surface area contributed by atoms with Crippen molar-refractivity contribution < 1.29 is 14.6 Å². The lowest BCUT2D eigenvalue weighted by molar-refractivity contribution is 0.370. The summed E-state index contributed by atoms with van der Waals surface area (Å²) in [4.78, 5) is 26.3. The third-order valence-electron chi connectivity index (χ3n) is 4.94. The van der Waals surface area contributed by atoms with Crippen LogP contribution in [0.3, 0.4) is 0 Å². The van der Waals surface area contributed by atoms with E-state index in [1.807, 2.05) is 13.1 Å². The summed E-state index contributed by atoms with van der Waals surface area (Å²) in [6, 6.07) is 8.71. The zero-order valence-electron chi connectivity index (χ0n) is 15.2. The van der Waals surface area contributed by atoms with E-state index in [4.69, 9.17) is 4.42 Å². The van der Waals surface area contributed by atoms with Gasteiger partial charge in [-0.05, 0) is 48.5 Å². The highest BCUT2D eigenvalue weighted by Gasteiger charge is 2.23. The van der Waals surface area contributed by atoms with E-state index in [1.165, 1.54) is 24.3 Å². The Morgan fingerprint density at radius 2 is 1.89 bits per heavy atom. The van der Waals surface area contributed by atoms with Crippen molar-refractivity contribution in [3.05, 3.63) is 63.2 Å². The van der Waals surface area contributed by atoms with Crippen LogP contribution in [-0.2, 0) is 0 Å². The maximum absolute atomic E-state index is 12.7. The molecule has 0 saturated carbocycles. The number of nitroso groups, excluding NO2 is 1. The molecule has 0 bridgehead atoms. The summed E-state index contributed by atoms with van der Waals surface area (Å²) in [5, 5.41) is 22.9. The molecule has 1 aliphatic rings. The number of nitrogens with zero attached hydrogens (tertiary/aromatic N) is 2. The highest BCUT2D eigenvalue weighted by atomic mass is 16.3. The topological polar surface area (TPSA) is 103 Å². The Morgan fingerprint density at radius 1 is 1.14 bits per heavy atom. The first-order valence-corrected chi connectivity index (χ1v) is 8.82. The summed E-state index contributed by atoms with van der Waals surface area (Å²) in [5.41, 5.74) is 1.63. The van der Waals surface area contributed by atoms with E-state index in [-0.39, 0.29) is 33.9 Å². The number of hydrogen-bond acceptors (Lipinski definition) is 7. The van der Waals surface area contributed by atoms with Gasteiger partial charge in [0, 0.05) is 30.8 Å². The van der Waals surface area contributed by atoms with E-state index >= 15 is 0 Å². The largest absolute Gasteiger partial charge is 0.508 e. The summed E-state index contributed by atoms with van der Waals surface area (Å²) in [6.07, 6.45) is 2.63. The van der Waals surface area contributed by atoms with E-state index < -0.39 is 5.43 Å². The lowest BCUT2D eigenvalue weighted by atomic mass is 9.95. The SMILES string of the molecule is CN1CC=C(c2c(N=O)cc(O)c3c(=O)cc(-c4ccc(O)cc4)oc23)CC1. The Labute approximate surface area is 160 Å². The van der Waals surface area contributed by atoms with Crippen molar-refractivity contribution in [1.29, 1.82) is 0 Å². The van der Waals surface area contributed by atoms with Gasteiger partial charge in [-0.2, -0.15) is 0 Å². The fourth-order valence-corrected chi connectivity index (χ4v) is 3.45. The molecule has 142 valence electrons. The fraction of sp³-hybridized carbons (Fsp3) is 0.190. The Morgan fingerprint density at radius 3 is 2.54 bits per heavy atom. The zero-order chi connectivity index (χ0) is 19.8. The fourth-order valence-electron chi connectivity index (χ4n) is 3.45. The van der Waals surface area contributed by atoms with Crippen molar-refractivity contribution in [1.82, 2.24) is 4.90 Å². The molecule has 4 rings (SSSR count). The van der Waals surface area contributed by atoms with Gasteiger partial charge in [0.25, 0.3) is 0 Å². The molecule has 7 nitrogen and oxygen atoms in total. The first kappa shape index (κ1) is 17.9. The number of rotatable bonds is 3. The van der Waals surface area contributed by atoms with Crippen LogP contribution < -0.4 is 5.43 Å². The molecule has 0 atom stereocenters. The van der Waals surface area contributed by atoms with Crippen LogP contribution in [0.5, 0.6) is 11.5 Å². The summed E-state index contributed by atoms with van der Waals surface area (Å²) in [7, 11) is 1.99. The first-order chi connectivity index (χ1) is 13.5. The van der Waals surface area contributed by atoms with Crippen molar-refractivity contribution in [2.45, 2.75) is 6.42 Å². The first-order valence-electron chi connectivity index (χ1n) is 8.82. The average molecular weight is 378 g/mol. The Hall–Kier alpha value is -3.45. The van der Waals surface area contributed by atoms with Crippen LogP contribution in [-0.4, -0.2) is 35.3 Å². The van der Waals surface area contributed by atoms with Crippen molar-refractivity contribution in [2.24, 2.45) is 5.18 Å². The lowest BCUT2D eigenvalue weighted by Crippen LogP contribution is -2.23. The van der Waals surface area contributed by atoms with Crippen LogP contribution in [0.25, 0.3) is 27.9 Å². The molecule has 0 saturated heterocycles. The van der Waals surface area contributed by atoms with Gasteiger partial charge < -0.3 is 19.5 Å². The molecule has 28 heavy (non-hydrogen) atoms. The summed E-state index contributed by atoms with van der Waals surface area (Å²) < 4.78 is 6.01. The second-order valence-corrected chi connectivity index (χ2v) is 6.85. The summed E-state index contributed by atoms with van der Waals surface area (Å²) in [5.74, 6) is 0.0248. The van der Waals surface area contributed by atoms with Gasteiger partial charge in [-0.3, -0.25) is 4.79 Å². The number of phenolic OH excluding ortho intramolecular Hbond substituents is 2. The molecule has 0 spiro atoms. The number of phenols is 2. The van der Waals surface area contributed by atoms with Crippen molar-refractivity contribution in [3.8, 4) is 22.8 Å². The average Bonchev–Trinajstić information content (AvgIpc) is 2.68. The molecule has 1 aliphatic heterocycles. The Bertz CT molecular complexity index is 1160. The van der Waals surface area contributed by atoms with E-state index in [0.29, 0.717) is 24.1 Å². The second kappa shape index (κ2) is 6.94. The molecule has 7 heteroatoms. The third-order valence-corrected chi connectivity index (χ3v) is 4.94. The highest BCUT2D eigenvalue weighted by Crippen LogP contribution is 2.41.